The van der Waals surface area contributed by atoms with Crippen molar-refractivity contribution in [2.45, 2.75) is 192 Å². The van der Waals surface area contributed by atoms with E-state index in [2.05, 4.69) is 104 Å². The number of ether oxygens (including phenoxy) is 3. The van der Waals surface area contributed by atoms with Crippen LogP contribution in [-0.4, -0.2) is 195 Å². The summed E-state index contributed by atoms with van der Waals surface area (Å²) in [5.41, 5.74) is 3.61. The molecule has 3 aromatic carbocycles. The summed E-state index contributed by atoms with van der Waals surface area (Å²) in [5, 5.41) is 14.5. The second-order valence-electron chi connectivity index (χ2n) is 30.4. The Morgan fingerprint density at radius 2 is 0.943 bits per heavy atom. The number of nitrogens with zero attached hydrogens (tertiary/aromatic N) is 5. The average Bonchev–Trinajstić information content (AvgIpc) is 2.09. The fourth-order valence-corrected chi connectivity index (χ4v) is 12.8. The summed E-state index contributed by atoms with van der Waals surface area (Å²) in [5.74, 6) is 1.82. The first-order chi connectivity index (χ1) is 42.0. The number of carbonyl (C=O) groups excluding carboxylic acids is 4. The average molecular weight is 1210 g/mol. The first kappa shape index (κ1) is 67.3. The summed E-state index contributed by atoms with van der Waals surface area (Å²) in [6.45, 7) is 34.3. The van der Waals surface area contributed by atoms with Crippen LogP contribution in [0.15, 0.2) is 91.0 Å². The second kappa shape index (κ2) is 29.9. The van der Waals surface area contributed by atoms with Crippen LogP contribution in [0.4, 0.5) is 14.4 Å². The molecule has 3 heterocycles. The molecule has 0 unspecified atom stereocenters. The summed E-state index contributed by atoms with van der Waals surface area (Å²) in [6, 6.07) is 33.7. The van der Waals surface area contributed by atoms with E-state index in [1.165, 1.54) is 101 Å². The summed E-state index contributed by atoms with van der Waals surface area (Å²) in [6.07, 6.45) is 14.5. The molecule has 6 atom stereocenters. The largest absolute Gasteiger partial charge is 0.444 e. The van der Waals surface area contributed by atoms with Gasteiger partial charge < -0.3 is 64.8 Å². The molecular weight excluding hydrogens is 1100 g/mol. The Kier molecular flexibility index (Phi) is 22.9. The smallest absolute Gasteiger partial charge is 0.410 e. The van der Waals surface area contributed by atoms with Crippen LogP contribution in [0.2, 0.25) is 0 Å². The predicted octanol–water partition coefficient (Wildman–Crippen LogP) is 11.0. The predicted molar refractivity (Wildman–Crippen MR) is 351 cm³/mol. The number of nitrogens with one attached hydrogen (secondary N) is 4. The highest BCUT2D eigenvalue weighted by Gasteiger charge is 2.53. The van der Waals surface area contributed by atoms with E-state index in [-0.39, 0.29) is 29.7 Å². The van der Waals surface area contributed by atoms with Gasteiger partial charge in [-0.3, -0.25) is 0 Å². The van der Waals surface area contributed by atoms with Gasteiger partial charge in [-0.25, -0.2) is 14.4 Å². The van der Waals surface area contributed by atoms with Gasteiger partial charge in [0.25, 0.3) is 0 Å². The fourth-order valence-electron chi connectivity index (χ4n) is 12.8. The molecule has 6 saturated carbocycles. The first-order valence-electron chi connectivity index (χ1n) is 33.9. The zero-order valence-corrected chi connectivity index (χ0v) is 55.3. The van der Waals surface area contributed by atoms with Crippen LogP contribution in [0.5, 0.6) is 0 Å². The second-order valence-corrected chi connectivity index (χ2v) is 30.4. The number of aldehydes is 1. The van der Waals surface area contributed by atoms with Crippen molar-refractivity contribution in [3.05, 3.63) is 108 Å². The Hall–Kier alpha value is -5.10. The van der Waals surface area contributed by atoms with Crippen LogP contribution in [0, 0.1) is 16.2 Å². The zero-order valence-electron chi connectivity index (χ0n) is 55.3. The maximum Gasteiger partial charge on any atom is 0.410 e. The van der Waals surface area contributed by atoms with E-state index in [0.29, 0.717) is 35.3 Å². The summed E-state index contributed by atoms with van der Waals surface area (Å²) in [7, 11) is 0. The van der Waals surface area contributed by atoms with Crippen LogP contribution in [-0.2, 0) is 19.0 Å². The van der Waals surface area contributed by atoms with E-state index < -0.39 is 16.8 Å². The molecule has 486 valence electrons. The van der Waals surface area contributed by atoms with Gasteiger partial charge in [-0.2, -0.15) is 0 Å². The van der Waals surface area contributed by atoms with Crippen LogP contribution in [0.3, 0.4) is 0 Å². The monoisotopic (exact) mass is 1210 g/mol. The van der Waals surface area contributed by atoms with Crippen molar-refractivity contribution in [1.82, 2.24) is 45.8 Å². The summed E-state index contributed by atoms with van der Waals surface area (Å²) < 4.78 is 16.4. The lowest BCUT2D eigenvalue weighted by Gasteiger charge is -2.29. The van der Waals surface area contributed by atoms with Crippen LogP contribution < -0.4 is 21.3 Å². The zero-order chi connectivity index (χ0) is 62.6. The molecule has 16 nitrogen and oxygen atoms in total. The van der Waals surface area contributed by atoms with E-state index in [9.17, 15) is 19.2 Å². The van der Waals surface area contributed by atoms with E-state index in [1.54, 1.807) is 9.80 Å². The lowest BCUT2D eigenvalue weighted by Crippen LogP contribution is -2.42. The molecule has 0 spiro atoms. The highest BCUT2D eigenvalue weighted by atomic mass is 16.6. The van der Waals surface area contributed by atoms with Gasteiger partial charge in [0.2, 0.25) is 0 Å². The Balaban J connectivity index is 0.000000144. The minimum absolute atomic E-state index is 0.143. The molecule has 0 aromatic heterocycles. The molecule has 12 rings (SSSR count). The van der Waals surface area contributed by atoms with Gasteiger partial charge >= 0.3 is 18.3 Å². The topological polar surface area (TPSA) is 160 Å². The molecule has 3 aromatic rings. The number of amides is 3. The van der Waals surface area contributed by atoms with Crippen molar-refractivity contribution < 1.29 is 33.4 Å². The maximum atomic E-state index is 12.6. The van der Waals surface area contributed by atoms with Gasteiger partial charge in [-0.05, 0) is 193 Å². The Bertz CT molecular complexity index is 2650. The molecular formula is C72H111N9O7. The molecule has 0 radical (unpaired) electrons. The highest BCUT2D eigenvalue weighted by molar-refractivity contribution is 5.72. The number of rotatable bonds is 17. The number of hydrogen-bond acceptors (Lipinski definition) is 13. The number of hydrogen-bond donors (Lipinski definition) is 4. The molecule has 4 N–H and O–H groups in total. The highest BCUT2D eigenvalue weighted by Crippen LogP contribution is 2.51. The maximum absolute atomic E-state index is 12.6. The van der Waals surface area contributed by atoms with E-state index >= 15 is 0 Å². The molecule has 3 amide bonds. The van der Waals surface area contributed by atoms with Gasteiger partial charge in [0.15, 0.2) is 0 Å². The number of carbonyl (C=O) groups is 4. The van der Waals surface area contributed by atoms with Gasteiger partial charge in [-0.15, -0.1) is 0 Å². The molecule has 9 aliphatic rings. The van der Waals surface area contributed by atoms with Crippen molar-refractivity contribution in [3.63, 3.8) is 0 Å². The third-order valence-electron chi connectivity index (χ3n) is 18.9. The Labute approximate surface area is 528 Å². The van der Waals surface area contributed by atoms with Crippen molar-refractivity contribution in [2.24, 2.45) is 16.2 Å². The molecule has 88 heavy (non-hydrogen) atoms. The standard InChI is InChI=1S/C24H37N3O2.C19H29N3.C19H25NO3.C10H20N2O2/c1-23(2,3)29-22(28)27-13-7-12-26(14-15-27)18-24(10-11-24)17-25-21-16-20(21)19-8-5-4-6-9-19;1-2-5-16(6-3-1)17-13-18(17)21-14-19(7-8-19)15-22-11-4-9-20-10-12-22;1-18(2,3)23-17(22)20(12-19(13-21)9-10-19)16-11-15(16)14-7-5-4-6-8-14;1-10(2,3)14-9(13)12-7-4-5-11-6-8-12/h4-6,8-9,20-21,25H,7,10-18H2,1-3H3;1-3,5-6,17-18,20-21H,4,7-15H2;4-8,13,15-16H,9-12H2,1-3H3;11H,4-8H2,1-3H3/t20-,21+;17-,18+;15-,16+;/m000./s1. The van der Waals surface area contributed by atoms with Gasteiger partial charge in [0.1, 0.15) is 23.1 Å². The molecule has 9 fully saturated rings. The Morgan fingerprint density at radius 3 is 1.41 bits per heavy atom. The van der Waals surface area contributed by atoms with Crippen molar-refractivity contribution in [1.29, 1.82) is 0 Å². The third-order valence-corrected chi connectivity index (χ3v) is 18.9. The van der Waals surface area contributed by atoms with E-state index in [1.807, 2.05) is 85.4 Å². The summed E-state index contributed by atoms with van der Waals surface area (Å²) in [4.78, 5) is 58.7. The lowest BCUT2D eigenvalue weighted by molar-refractivity contribution is -0.112. The van der Waals surface area contributed by atoms with Gasteiger partial charge in [0, 0.05) is 126 Å². The van der Waals surface area contributed by atoms with Crippen molar-refractivity contribution in [3.8, 4) is 0 Å². The molecule has 6 aliphatic carbocycles. The first-order valence-corrected chi connectivity index (χ1v) is 33.9. The molecule has 16 heteroatoms. The quantitative estimate of drug-likeness (QED) is 0.0748. The van der Waals surface area contributed by atoms with Gasteiger partial charge in [0.05, 0.1) is 0 Å². The molecule has 3 aliphatic heterocycles. The molecule has 3 saturated heterocycles. The van der Waals surface area contributed by atoms with Gasteiger partial charge in [-0.1, -0.05) is 91.0 Å². The fraction of sp³-hybridized carbons (Fsp3) is 0.694. The van der Waals surface area contributed by atoms with Crippen molar-refractivity contribution >= 4 is 24.6 Å². The van der Waals surface area contributed by atoms with Crippen molar-refractivity contribution in [2.75, 3.05) is 111 Å². The Morgan fingerprint density at radius 1 is 0.511 bits per heavy atom. The minimum Gasteiger partial charge on any atom is -0.444 e. The SMILES string of the molecule is CC(C)(C)OC(=O)N(CC1(C=O)CC1)[C@@H]1C[C@H]1c1ccccc1.CC(C)(C)OC(=O)N1CCCN(CC2(CN[C@@H]3C[C@H]3c3ccccc3)CC2)CC1.CC(C)(C)OC(=O)N1CCCNCC1.c1ccc([C@@H]2C[C@H]2NCC2(CN3CCCNCC3)CC2)cc1. The van der Waals surface area contributed by atoms with Crippen LogP contribution in [0.1, 0.15) is 174 Å². The molecule has 0 bridgehead atoms. The summed E-state index contributed by atoms with van der Waals surface area (Å²) >= 11 is 0. The van der Waals surface area contributed by atoms with Crippen LogP contribution in [0.25, 0.3) is 0 Å². The van der Waals surface area contributed by atoms with E-state index in [4.69, 9.17) is 14.2 Å². The lowest BCUT2D eigenvalue weighted by atomic mass is 10.1. The third kappa shape index (κ3) is 21.8. The number of benzene rings is 3. The van der Waals surface area contributed by atoms with Crippen LogP contribution >= 0.6 is 0 Å². The van der Waals surface area contributed by atoms with E-state index in [0.717, 1.165) is 116 Å². The normalized spacial score (nSPS) is 25.9. The minimum atomic E-state index is -0.523.